The smallest absolute Gasteiger partial charge is 0.0622 e. The second-order valence-corrected chi connectivity index (χ2v) is 10.1. The third kappa shape index (κ3) is 1.94. The molecule has 0 spiro atoms. The molecular weight excluding hydrogens is 410 g/mol. The van der Waals surface area contributed by atoms with Crippen LogP contribution in [0, 0.1) is 0 Å². The fourth-order valence-electron chi connectivity index (χ4n) is 7.08. The van der Waals surface area contributed by atoms with Gasteiger partial charge in [0, 0.05) is 28.4 Å². The summed E-state index contributed by atoms with van der Waals surface area (Å²) in [6.45, 7) is 0. The van der Waals surface area contributed by atoms with E-state index in [1.54, 1.807) is 11.1 Å². The van der Waals surface area contributed by atoms with Crippen LogP contribution in [0.1, 0.15) is 33.4 Å². The molecule has 0 amide bonds. The standard InChI is InChI=1S/C33H21N/c1-3-9-23-19(6-1)17-28-24(23)14-15-25-29(28)18-21-12-13-27-26-10-5-8-22-16-20-7-2-4-11-30(20)34(32(22)26)33(27)31(21)25/h1-15H,16-18H2. The quantitative estimate of drug-likeness (QED) is 0.231. The van der Waals surface area contributed by atoms with Crippen LogP contribution in [0.4, 0.5) is 0 Å². The molecule has 2 heterocycles. The molecule has 1 aliphatic heterocycles. The van der Waals surface area contributed by atoms with Crippen molar-refractivity contribution < 1.29 is 0 Å². The van der Waals surface area contributed by atoms with E-state index in [0.29, 0.717) is 0 Å². The number of aromatic nitrogens is 1. The molecule has 5 aromatic carbocycles. The molecule has 0 N–H and O–H groups in total. The van der Waals surface area contributed by atoms with Crippen molar-refractivity contribution in [3.8, 4) is 27.9 Å². The van der Waals surface area contributed by atoms with Gasteiger partial charge < -0.3 is 4.57 Å². The van der Waals surface area contributed by atoms with E-state index < -0.39 is 0 Å². The third-order valence-electron chi connectivity index (χ3n) is 8.48. The van der Waals surface area contributed by atoms with Crippen LogP contribution < -0.4 is 0 Å². The van der Waals surface area contributed by atoms with E-state index in [1.165, 1.54) is 72.0 Å². The average molecular weight is 432 g/mol. The molecule has 6 aromatic rings. The van der Waals surface area contributed by atoms with Crippen molar-refractivity contribution in [1.29, 1.82) is 0 Å². The summed E-state index contributed by atoms with van der Waals surface area (Å²) in [4.78, 5) is 0. The first-order chi connectivity index (χ1) is 16.9. The van der Waals surface area contributed by atoms with E-state index >= 15 is 0 Å². The summed E-state index contributed by atoms with van der Waals surface area (Å²) in [6, 6.07) is 34.3. The first-order valence-corrected chi connectivity index (χ1v) is 12.3. The zero-order chi connectivity index (χ0) is 22.0. The topological polar surface area (TPSA) is 4.93 Å². The number of fused-ring (bicyclic) bond motifs is 13. The molecule has 0 bridgehead atoms. The van der Waals surface area contributed by atoms with Crippen molar-refractivity contribution in [2.24, 2.45) is 0 Å². The Morgan fingerprint density at radius 3 is 2.15 bits per heavy atom. The van der Waals surface area contributed by atoms with E-state index in [0.717, 1.165) is 19.3 Å². The molecule has 0 unspecified atom stereocenters. The minimum atomic E-state index is 1.01. The second-order valence-electron chi connectivity index (χ2n) is 10.1. The van der Waals surface area contributed by atoms with E-state index in [2.05, 4.69) is 95.6 Å². The maximum Gasteiger partial charge on any atom is 0.0622 e. The van der Waals surface area contributed by atoms with Gasteiger partial charge in [-0.1, -0.05) is 84.9 Å². The van der Waals surface area contributed by atoms with Gasteiger partial charge in [-0.3, -0.25) is 0 Å². The van der Waals surface area contributed by atoms with E-state index in [9.17, 15) is 0 Å². The van der Waals surface area contributed by atoms with Crippen molar-refractivity contribution >= 4 is 21.8 Å². The molecular formula is C33H21N. The minimum absolute atomic E-state index is 1.01. The van der Waals surface area contributed by atoms with Crippen LogP contribution in [0.3, 0.4) is 0 Å². The van der Waals surface area contributed by atoms with Gasteiger partial charge in [0.15, 0.2) is 0 Å². The highest BCUT2D eigenvalue weighted by Gasteiger charge is 2.31. The average Bonchev–Trinajstić information content (AvgIpc) is 3.54. The SMILES string of the molecule is c1ccc2c(c1)Cc1c-2ccc2c1Cc1ccc3c4cccc5c4n(c3c1-2)-c1ccccc1C5. The van der Waals surface area contributed by atoms with Crippen molar-refractivity contribution in [3.63, 3.8) is 0 Å². The van der Waals surface area contributed by atoms with Gasteiger partial charge in [-0.15, -0.1) is 0 Å². The zero-order valence-corrected chi connectivity index (χ0v) is 18.7. The predicted octanol–water partition coefficient (Wildman–Crippen LogP) is 7.83. The molecule has 3 aliphatic rings. The van der Waals surface area contributed by atoms with Crippen molar-refractivity contribution in [2.75, 3.05) is 0 Å². The van der Waals surface area contributed by atoms with Crippen LogP contribution in [0.15, 0.2) is 91.0 Å². The molecule has 0 atom stereocenters. The molecule has 1 aromatic heterocycles. The lowest BCUT2D eigenvalue weighted by atomic mass is 9.96. The highest BCUT2D eigenvalue weighted by Crippen LogP contribution is 2.51. The minimum Gasteiger partial charge on any atom is -0.308 e. The number of hydrogen-bond acceptors (Lipinski definition) is 0. The first-order valence-electron chi connectivity index (χ1n) is 12.3. The molecule has 2 aliphatic carbocycles. The summed E-state index contributed by atoms with van der Waals surface area (Å²) < 4.78 is 2.58. The molecule has 34 heavy (non-hydrogen) atoms. The van der Waals surface area contributed by atoms with E-state index in [-0.39, 0.29) is 0 Å². The van der Waals surface area contributed by atoms with Gasteiger partial charge >= 0.3 is 0 Å². The number of nitrogens with zero attached hydrogens (tertiary/aromatic N) is 1. The van der Waals surface area contributed by atoms with Crippen LogP contribution in [0.5, 0.6) is 0 Å². The van der Waals surface area contributed by atoms with Crippen LogP contribution in [-0.4, -0.2) is 4.57 Å². The maximum atomic E-state index is 2.58. The van der Waals surface area contributed by atoms with Gasteiger partial charge in [0.25, 0.3) is 0 Å². The Bertz CT molecular complexity index is 1880. The van der Waals surface area contributed by atoms with Crippen molar-refractivity contribution in [3.05, 3.63) is 124 Å². The highest BCUT2D eigenvalue weighted by molar-refractivity contribution is 6.16. The van der Waals surface area contributed by atoms with Gasteiger partial charge in [-0.2, -0.15) is 0 Å². The van der Waals surface area contributed by atoms with Gasteiger partial charge in [0.1, 0.15) is 0 Å². The largest absolute Gasteiger partial charge is 0.308 e. The lowest BCUT2D eigenvalue weighted by molar-refractivity contribution is 1.04. The number of benzene rings is 5. The Morgan fingerprint density at radius 1 is 0.441 bits per heavy atom. The van der Waals surface area contributed by atoms with E-state index in [4.69, 9.17) is 0 Å². The summed E-state index contributed by atoms with van der Waals surface area (Å²) in [5.41, 5.74) is 18.7. The fourth-order valence-corrected chi connectivity index (χ4v) is 7.08. The van der Waals surface area contributed by atoms with Crippen LogP contribution >= 0.6 is 0 Å². The molecule has 158 valence electrons. The number of hydrogen-bond donors (Lipinski definition) is 0. The molecule has 0 radical (unpaired) electrons. The Kier molecular flexibility index (Phi) is 3.00. The summed E-state index contributed by atoms with van der Waals surface area (Å²) >= 11 is 0. The number of rotatable bonds is 0. The first kappa shape index (κ1) is 17.4. The summed E-state index contributed by atoms with van der Waals surface area (Å²) in [5.74, 6) is 0. The van der Waals surface area contributed by atoms with Crippen molar-refractivity contribution in [1.82, 2.24) is 4.57 Å². The maximum absolute atomic E-state index is 2.58. The van der Waals surface area contributed by atoms with E-state index in [1.807, 2.05) is 0 Å². The lowest BCUT2D eigenvalue weighted by Crippen LogP contribution is -2.07. The summed E-state index contributed by atoms with van der Waals surface area (Å²) in [5, 5.41) is 2.76. The number of para-hydroxylation sites is 2. The molecule has 1 nitrogen and oxygen atoms in total. The molecule has 0 fully saturated rings. The normalized spacial score (nSPS) is 14.1. The predicted molar refractivity (Wildman–Crippen MR) is 140 cm³/mol. The van der Waals surface area contributed by atoms with Crippen LogP contribution in [-0.2, 0) is 19.3 Å². The molecule has 1 heteroatoms. The summed E-state index contributed by atoms with van der Waals surface area (Å²) in [6.07, 6.45) is 3.10. The Morgan fingerprint density at radius 2 is 1.18 bits per heavy atom. The molecule has 0 saturated heterocycles. The van der Waals surface area contributed by atoms with Crippen LogP contribution in [0.2, 0.25) is 0 Å². The monoisotopic (exact) mass is 431 g/mol. The lowest BCUT2D eigenvalue weighted by Gasteiger charge is -2.21. The summed E-state index contributed by atoms with van der Waals surface area (Å²) in [7, 11) is 0. The Balaban J connectivity index is 1.42. The Labute approximate surface area is 197 Å². The Hall–Kier alpha value is -4.10. The molecule has 0 saturated carbocycles. The fraction of sp³-hybridized carbons (Fsp3) is 0.0909. The van der Waals surface area contributed by atoms with Gasteiger partial charge in [-0.05, 0) is 69.0 Å². The van der Waals surface area contributed by atoms with Gasteiger partial charge in [0.05, 0.1) is 11.0 Å². The van der Waals surface area contributed by atoms with Gasteiger partial charge in [0.2, 0.25) is 0 Å². The highest BCUT2D eigenvalue weighted by atomic mass is 15.0. The second kappa shape index (κ2) is 5.87. The third-order valence-corrected chi connectivity index (χ3v) is 8.48. The van der Waals surface area contributed by atoms with Crippen LogP contribution in [0.25, 0.3) is 49.7 Å². The van der Waals surface area contributed by atoms with Gasteiger partial charge in [-0.25, -0.2) is 0 Å². The zero-order valence-electron chi connectivity index (χ0n) is 18.7. The van der Waals surface area contributed by atoms with Crippen molar-refractivity contribution in [2.45, 2.75) is 19.3 Å². The molecule has 9 rings (SSSR count).